The van der Waals surface area contributed by atoms with Gasteiger partial charge in [0.05, 0.1) is 18.0 Å². The first-order valence-corrected chi connectivity index (χ1v) is 10.7. The molecule has 2 heterocycles. The number of para-hydroxylation sites is 1. The number of rotatable bonds is 4. The van der Waals surface area contributed by atoms with Gasteiger partial charge in [0.15, 0.2) is 0 Å². The predicted molar refractivity (Wildman–Crippen MR) is 122 cm³/mol. The molecule has 0 atom stereocenters. The summed E-state index contributed by atoms with van der Waals surface area (Å²) in [5, 5.41) is 0. The summed E-state index contributed by atoms with van der Waals surface area (Å²) in [5.74, 6) is 1.37. The zero-order valence-corrected chi connectivity index (χ0v) is 18.1. The van der Waals surface area contributed by atoms with Gasteiger partial charge in [-0.25, -0.2) is 9.37 Å². The summed E-state index contributed by atoms with van der Waals surface area (Å²) in [4.78, 5) is 5.18. The van der Waals surface area contributed by atoms with Gasteiger partial charge in [-0.2, -0.15) is 0 Å². The van der Waals surface area contributed by atoms with E-state index in [-0.39, 0.29) is 5.82 Å². The monoisotopic (exact) mass is 401 g/mol. The number of nitrogens with zero attached hydrogens (tertiary/aromatic N) is 1. The molecule has 0 aliphatic carbocycles. The molecule has 1 aliphatic heterocycles. The molecule has 0 saturated carbocycles. The fraction of sp³-hybridized carbons (Fsp3) is 0.296. The van der Waals surface area contributed by atoms with E-state index in [0.29, 0.717) is 18.4 Å². The Balaban J connectivity index is 2.07. The zero-order valence-electron chi connectivity index (χ0n) is 18.1. The number of allylic oxidation sites excluding steroid dienone is 1. The van der Waals surface area contributed by atoms with Crippen LogP contribution >= 0.6 is 0 Å². The molecule has 1 aliphatic rings. The van der Waals surface area contributed by atoms with Crippen molar-refractivity contribution in [1.29, 1.82) is 0 Å². The van der Waals surface area contributed by atoms with Crippen LogP contribution < -0.4 is 4.74 Å². The van der Waals surface area contributed by atoms with E-state index in [0.717, 1.165) is 40.2 Å². The van der Waals surface area contributed by atoms with Crippen molar-refractivity contribution in [3.05, 3.63) is 77.1 Å². The molecule has 3 aromatic rings. The molecule has 0 radical (unpaired) electrons. The summed E-state index contributed by atoms with van der Waals surface area (Å²) in [7, 11) is 0. The molecule has 0 amide bonds. The van der Waals surface area contributed by atoms with Crippen molar-refractivity contribution in [2.45, 2.75) is 40.0 Å². The Kier molecular flexibility index (Phi) is 5.72. The third-order valence-corrected chi connectivity index (χ3v) is 5.47. The van der Waals surface area contributed by atoms with Crippen LogP contribution in [0.2, 0.25) is 0 Å². The van der Waals surface area contributed by atoms with E-state index in [1.165, 1.54) is 23.3 Å². The van der Waals surface area contributed by atoms with Crippen LogP contribution in [-0.2, 0) is 6.42 Å². The quantitative estimate of drug-likeness (QED) is 0.458. The first-order chi connectivity index (χ1) is 14.5. The van der Waals surface area contributed by atoms with Gasteiger partial charge in [-0.3, -0.25) is 0 Å². The summed E-state index contributed by atoms with van der Waals surface area (Å²) in [6.07, 6.45) is 5.23. The van der Waals surface area contributed by atoms with Crippen molar-refractivity contribution in [3.63, 3.8) is 0 Å². The Hall–Kier alpha value is -2.94. The summed E-state index contributed by atoms with van der Waals surface area (Å²) < 4.78 is 19.7. The van der Waals surface area contributed by atoms with Gasteiger partial charge in [0, 0.05) is 23.1 Å². The summed E-state index contributed by atoms with van der Waals surface area (Å²) in [6, 6.07) is 14.8. The van der Waals surface area contributed by atoms with Gasteiger partial charge in [0.1, 0.15) is 11.6 Å². The van der Waals surface area contributed by atoms with Crippen molar-refractivity contribution in [1.82, 2.24) is 4.98 Å². The van der Waals surface area contributed by atoms with Crippen LogP contribution in [0.4, 0.5) is 4.39 Å². The van der Waals surface area contributed by atoms with Crippen molar-refractivity contribution in [2.24, 2.45) is 5.92 Å². The fourth-order valence-corrected chi connectivity index (χ4v) is 4.13. The van der Waals surface area contributed by atoms with Crippen LogP contribution in [0.15, 0.2) is 54.6 Å². The van der Waals surface area contributed by atoms with Crippen LogP contribution in [0.1, 0.15) is 50.3 Å². The number of halogens is 1. The van der Waals surface area contributed by atoms with E-state index in [1.54, 1.807) is 0 Å². The highest BCUT2D eigenvalue weighted by Crippen LogP contribution is 2.42. The van der Waals surface area contributed by atoms with E-state index >= 15 is 0 Å². The van der Waals surface area contributed by atoms with E-state index in [9.17, 15) is 4.39 Å². The maximum atomic E-state index is 13.6. The molecule has 4 rings (SSSR count). The number of fused-ring (bicyclic) bond motifs is 3. The normalized spacial score (nSPS) is 13.3. The average molecular weight is 402 g/mol. The molecule has 0 N–H and O–H groups in total. The van der Waals surface area contributed by atoms with Crippen LogP contribution in [-0.4, -0.2) is 11.6 Å². The molecule has 154 valence electrons. The first-order valence-electron chi connectivity index (χ1n) is 10.7. The van der Waals surface area contributed by atoms with Gasteiger partial charge < -0.3 is 4.74 Å². The Morgan fingerprint density at radius 1 is 0.967 bits per heavy atom. The second kappa shape index (κ2) is 8.43. The van der Waals surface area contributed by atoms with E-state index in [2.05, 4.69) is 45.9 Å². The lowest BCUT2D eigenvalue weighted by molar-refractivity contribution is 0.326. The highest BCUT2D eigenvalue weighted by atomic mass is 19.1. The third-order valence-electron chi connectivity index (χ3n) is 5.47. The molecule has 3 heteroatoms. The van der Waals surface area contributed by atoms with Crippen molar-refractivity contribution >= 4 is 6.08 Å². The number of aromatic nitrogens is 1. The van der Waals surface area contributed by atoms with Crippen LogP contribution in [0.25, 0.3) is 28.6 Å². The standard InChI is InChI=1S/C27H28FNO/c1-17(2)9-14-22-25(18(3)4)23-15-16-30-24-8-6-5-7-21(24)27(23)29-26(22)19-10-12-20(28)13-11-19/h5-14,17-18H,15-16H2,1-4H3/b14-9+. The average Bonchev–Trinajstić information content (AvgIpc) is 2.91. The van der Waals surface area contributed by atoms with Gasteiger partial charge >= 0.3 is 0 Å². The first kappa shape index (κ1) is 20.3. The highest BCUT2D eigenvalue weighted by Gasteiger charge is 2.25. The molecule has 2 nitrogen and oxygen atoms in total. The number of ether oxygens (including phenoxy) is 1. The lowest BCUT2D eigenvalue weighted by Crippen LogP contribution is -2.08. The predicted octanol–water partition coefficient (Wildman–Crippen LogP) is 7.28. The van der Waals surface area contributed by atoms with E-state index < -0.39 is 0 Å². The van der Waals surface area contributed by atoms with Gasteiger partial charge in [-0.05, 0) is 59.4 Å². The second-order valence-electron chi connectivity index (χ2n) is 8.47. The Morgan fingerprint density at radius 2 is 1.70 bits per heavy atom. The molecule has 0 unspecified atom stereocenters. The Morgan fingerprint density at radius 3 is 2.40 bits per heavy atom. The molecular formula is C27H28FNO. The van der Waals surface area contributed by atoms with Gasteiger partial charge in [0.2, 0.25) is 0 Å². The minimum atomic E-state index is -0.240. The summed E-state index contributed by atoms with van der Waals surface area (Å²) in [6.45, 7) is 9.44. The summed E-state index contributed by atoms with van der Waals surface area (Å²) >= 11 is 0. The van der Waals surface area contributed by atoms with Gasteiger partial charge in [-0.1, -0.05) is 52.0 Å². The maximum Gasteiger partial charge on any atom is 0.128 e. The molecule has 0 fully saturated rings. The molecule has 0 bridgehead atoms. The summed E-state index contributed by atoms with van der Waals surface area (Å²) in [5.41, 5.74) is 7.50. The van der Waals surface area contributed by atoms with Crippen molar-refractivity contribution < 1.29 is 9.13 Å². The van der Waals surface area contributed by atoms with Crippen LogP contribution in [0.5, 0.6) is 5.75 Å². The smallest absolute Gasteiger partial charge is 0.128 e. The van der Waals surface area contributed by atoms with Gasteiger partial charge in [-0.15, -0.1) is 0 Å². The van der Waals surface area contributed by atoms with E-state index in [1.807, 2.05) is 30.3 Å². The third kappa shape index (κ3) is 3.89. The Bertz CT molecular complexity index is 1080. The topological polar surface area (TPSA) is 22.1 Å². The Labute approximate surface area is 178 Å². The zero-order chi connectivity index (χ0) is 21.3. The van der Waals surface area contributed by atoms with Crippen LogP contribution in [0.3, 0.4) is 0 Å². The largest absolute Gasteiger partial charge is 0.493 e. The molecule has 1 aromatic heterocycles. The number of hydrogen-bond donors (Lipinski definition) is 0. The highest BCUT2D eigenvalue weighted by molar-refractivity contribution is 5.82. The molecule has 30 heavy (non-hydrogen) atoms. The molecular weight excluding hydrogens is 373 g/mol. The van der Waals surface area contributed by atoms with E-state index in [4.69, 9.17) is 9.72 Å². The number of pyridine rings is 1. The molecule has 0 spiro atoms. The maximum absolute atomic E-state index is 13.6. The number of hydrogen-bond acceptors (Lipinski definition) is 2. The SMILES string of the molecule is CC(C)/C=C/c1c(-c2ccc(F)cc2)nc2c(c1C(C)C)CCOc1ccccc1-2. The fourth-order valence-electron chi connectivity index (χ4n) is 4.13. The number of benzene rings is 2. The minimum absolute atomic E-state index is 0.240. The van der Waals surface area contributed by atoms with Crippen LogP contribution in [0, 0.1) is 11.7 Å². The molecule has 0 saturated heterocycles. The van der Waals surface area contributed by atoms with Gasteiger partial charge in [0.25, 0.3) is 0 Å². The van der Waals surface area contributed by atoms with Crippen molar-refractivity contribution in [3.8, 4) is 28.3 Å². The lowest BCUT2D eigenvalue weighted by atomic mass is 9.85. The second-order valence-corrected chi connectivity index (χ2v) is 8.47. The molecule has 2 aromatic carbocycles. The lowest BCUT2D eigenvalue weighted by Gasteiger charge is -2.22. The minimum Gasteiger partial charge on any atom is -0.493 e. The van der Waals surface area contributed by atoms with Crippen molar-refractivity contribution in [2.75, 3.05) is 6.61 Å².